The van der Waals surface area contributed by atoms with Crippen LogP contribution in [0.1, 0.15) is 6.92 Å². The van der Waals surface area contributed by atoms with Gasteiger partial charge in [-0.2, -0.15) is 0 Å². The highest BCUT2D eigenvalue weighted by Gasteiger charge is 2.14. The Hall–Kier alpha value is -1.97. The predicted molar refractivity (Wildman–Crippen MR) is 62.9 cm³/mol. The first kappa shape index (κ1) is 12.1. The van der Waals surface area contributed by atoms with Crippen LogP contribution in [0.3, 0.4) is 0 Å². The van der Waals surface area contributed by atoms with E-state index in [1.165, 1.54) is 25.0 Å². The van der Waals surface area contributed by atoms with Crippen molar-refractivity contribution < 1.29 is 14.6 Å². The average molecular weight is 221 g/mol. The Morgan fingerprint density at radius 3 is 2.75 bits per heavy atom. The van der Waals surface area contributed by atoms with Gasteiger partial charge in [-0.3, -0.25) is 4.79 Å². The van der Waals surface area contributed by atoms with Crippen LogP contribution in [-0.4, -0.2) is 24.7 Å². The van der Waals surface area contributed by atoms with E-state index in [1.807, 2.05) is 0 Å². The molecule has 0 saturated carbocycles. The molecule has 0 radical (unpaired) electrons. The van der Waals surface area contributed by atoms with Gasteiger partial charge in [0.1, 0.15) is 11.5 Å². The van der Waals surface area contributed by atoms with Gasteiger partial charge in [0, 0.05) is 19.5 Å². The Morgan fingerprint density at radius 2 is 2.31 bits per heavy atom. The maximum absolute atomic E-state index is 11.4. The number of amides is 1. The number of hydrogen-bond acceptors (Lipinski definition) is 3. The lowest BCUT2D eigenvalue weighted by molar-refractivity contribution is -0.116. The van der Waals surface area contributed by atoms with Gasteiger partial charge < -0.3 is 14.7 Å². The van der Waals surface area contributed by atoms with Crippen LogP contribution in [0.15, 0.2) is 30.9 Å². The molecule has 0 aliphatic rings. The van der Waals surface area contributed by atoms with Crippen LogP contribution in [0.25, 0.3) is 0 Å². The first-order valence-corrected chi connectivity index (χ1v) is 4.86. The van der Waals surface area contributed by atoms with Crippen molar-refractivity contribution in [1.29, 1.82) is 0 Å². The third-order valence-corrected chi connectivity index (χ3v) is 2.17. The van der Waals surface area contributed by atoms with E-state index in [2.05, 4.69) is 6.58 Å². The summed E-state index contributed by atoms with van der Waals surface area (Å²) in [6.45, 7) is 5.37. The van der Waals surface area contributed by atoms with E-state index in [1.54, 1.807) is 18.2 Å². The van der Waals surface area contributed by atoms with Crippen molar-refractivity contribution in [3.8, 4) is 11.5 Å². The fourth-order valence-electron chi connectivity index (χ4n) is 1.38. The first-order valence-electron chi connectivity index (χ1n) is 4.86. The molecule has 0 bridgehead atoms. The number of benzene rings is 1. The number of phenols is 1. The van der Waals surface area contributed by atoms with Crippen LogP contribution >= 0.6 is 0 Å². The van der Waals surface area contributed by atoms with Crippen LogP contribution in [0.4, 0.5) is 5.69 Å². The van der Waals surface area contributed by atoms with E-state index in [9.17, 15) is 9.90 Å². The molecule has 16 heavy (non-hydrogen) atoms. The molecule has 0 aromatic heterocycles. The second kappa shape index (κ2) is 5.21. The van der Waals surface area contributed by atoms with Gasteiger partial charge in [-0.1, -0.05) is 6.08 Å². The molecule has 1 aromatic carbocycles. The third kappa shape index (κ3) is 2.53. The molecule has 1 N–H and O–H groups in total. The fraction of sp³-hybridized carbons (Fsp3) is 0.250. The Kier molecular flexibility index (Phi) is 3.94. The van der Waals surface area contributed by atoms with Gasteiger partial charge in [0.15, 0.2) is 0 Å². The zero-order chi connectivity index (χ0) is 12.1. The maximum atomic E-state index is 11.4. The number of aromatic hydroxyl groups is 1. The van der Waals surface area contributed by atoms with Crippen molar-refractivity contribution in [3.05, 3.63) is 30.9 Å². The first-order chi connectivity index (χ1) is 7.60. The summed E-state index contributed by atoms with van der Waals surface area (Å²) >= 11 is 0. The van der Waals surface area contributed by atoms with Crippen LogP contribution in [-0.2, 0) is 4.79 Å². The number of methoxy groups -OCH3 is 1. The number of nitrogens with zero attached hydrogens (tertiary/aromatic N) is 1. The van der Waals surface area contributed by atoms with Gasteiger partial charge in [-0.15, -0.1) is 6.58 Å². The Labute approximate surface area is 94.8 Å². The second-order valence-electron chi connectivity index (χ2n) is 3.27. The van der Waals surface area contributed by atoms with Crippen LogP contribution in [0.2, 0.25) is 0 Å². The molecule has 4 heteroatoms. The molecule has 0 spiro atoms. The Bertz CT molecular complexity index is 401. The fourth-order valence-corrected chi connectivity index (χ4v) is 1.38. The van der Waals surface area contributed by atoms with Crippen molar-refractivity contribution >= 4 is 11.6 Å². The summed E-state index contributed by atoms with van der Waals surface area (Å²) in [4.78, 5) is 12.8. The lowest BCUT2D eigenvalue weighted by Gasteiger charge is -2.20. The molecule has 4 nitrogen and oxygen atoms in total. The van der Waals surface area contributed by atoms with Gasteiger partial charge in [-0.25, -0.2) is 0 Å². The summed E-state index contributed by atoms with van der Waals surface area (Å²) < 4.78 is 4.97. The van der Waals surface area contributed by atoms with Crippen LogP contribution < -0.4 is 9.64 Å². The normalized spacial score (nSPS) is 9.62. The Balaban J connectivity index is 3.09. The number of phenolic OH excluding ortho intramolecular Hbond substituents is 1. The molecule has 1 aromatic rings. The minimum atomic E-state index is -0.152. The van der Waals surface area contributed by atoms with E-state index < -0.39 is 0 Å². The largest absolute Gasteiger partial charge is 0.506 e. The lowest BCUT2D eigenvalue weighted by Crippen LogP contribution is -2.28. The highest BCUT2D eigenvalue weighted by molar-refractivity contribution is 5.93. The molecule has 0 aliphatic carbocycles. The molecular weight excluding hydrogens is 206 g/mol. The zero-order valence-electron chi connectivity index (χ0n) is 9.43. The molecule has 0 aliphatic heterocycles. The summed E-state index contributed by atoms with van der Waals surface area (Å²) in [5, 5.41) is 9.76. The number of ether oxygens (including phenoxy) is 1. The number of hydrogen-bond donors (Lipinski definition) is 1. The van der Waals surface area contributed by atoms with Crippen molar-refractivity contribution in [2.24, 2.45) is 0 Å². The minimum absolute atomic E-state index is 0.0106. The van der Waals surface area contributed by atoms with Gasteiger partial charge in [-0.05, 0) is 12.1 Å². The van der Waals surface area contributed by atoms with Crippen molar-refractivity contribution in [2.75, 3.05) is 18.6 Å². The Morgan fingerprint density at radius 1 is 1.62 bits per heavy atom. The standard InChI is InChI=1S/C12H15NO3/c1-4-7-13(9(2)14)11-6-5-10(16-3)8-12(11)15/h4-6,8,15H,1,7H2,2-3H3. The number of anilines is 1. The average Bonchev–Trinajstić information content (AvgIpc) is 2.26. The van der Waals surface area contributed by atoms with Crippen molar-refractivity contribution in [3.63, 3.8) is 0 Å². The number of rotatable bonds is 4. The maximum Gasteiger partial charge on any atom is 0.224 e. The summed E-state index contributed by atoms with van der Waals surface area (Å²) in [6.07, 6.45) is 1.60. The SMILES string of the molecule is C=CCN(C(C)=O)c1ccc(OC)cc1O. The molecule has 86 valence electrons. The summed E-state index contributed by atoms with van der Waals surface area (Å²) in [5.74, 6) is 0.403. The molecular formula is C12H15NO3. The number of carbonyl (C=O) groups is 1. The molecule has 0 unspecified atom stereocenters. The van der Waals surface area contributed by atoms with Crippen molar-refractivity contribution in [2.45, 2.75) is 6.92 Å². The summed E-state index contributed by atoms with van der Waals surface area (Å²) in [6, 6.07) is 4.79. The number of carbonyl (C=O) groups excluding carboxylic acids is 1. The smallest absolute Gasteiger partial charge is 0.224 e. The van der Waals surface area contributed by atoms with Gasteiger partial charge in [0.25, 0.3) is 0 Å². The van der Waals surface area contributed by atoms with E-state index in [-0.39, 0.29) is 11.7 Å². The predicted octanol–water partition coefficient (Wildman–Crippen LogP) is 1.94. The monoisotopic (exact) mass is 221 g/mol. The van der Waals surface area contributed by atoms with E-state index in [0.29, 0.717) is 18.0 Å². The van der Waals surface area contributed by atoms with Gasteiger partial charge >= 0.3 is 0 Å². The van der Waals surface area contributed by atoms with Crippen LogP contribution in [0, 0.1) is 0 Å². The van der Waals surface area contributed by atoms with E-state index >= 15 is 0 Å². The summed E-state index contributed by atoms with van der Waals surface area (Å²) in [5.41, 5.74) is 0.452. The lowest BCUT2D eigenvalue weighted by atomic mass is 10.2. The summed E-state index contributed by atoms with van der Waals surface area (Å²) in [7, 11) is 1.51. The van der Waals surface area contributed by atoms with Gasteiger partial charge in [0.2, 0.25) is 5.91 Å². The highest BCUT2D eigenvalue weighted by atomic mass is 16.5. The minimum Gasteiger partial charge on any atom is -0.506 e. The third-order valence-electron chi connectivity index (χ3n) is 2.17. The van der Waals surface area contributed by atoms with Gasteiger partial charge in [0.05, 0.1) is 12.8 Å². The molecule has 0 atom stereocenters. The molecule has 0 heterocycles. The quantitative estimate of drug-likeness (QED) is 0.790. The van der Waals surface area contributed by atoms with E-state index in [4.69, 9.17) is 4.74 Å². The molecule has 1 rings (SSSR count). The zero-order valence-corrected chi connectivity index (χ0v) is 9.43. The highest BCUT2D eigenvalue weighted by Crippen LogP contribution is 2.31. The molecule has 0 saturated heterocycles. The van der Waals surface area contributed by atoms with E-state index in [0.717, 1.165) is 0 Å². The second-order valence-corrected chi connectivity index (χ2v) is 3.27. The topological polar surface area (TPSA) is 49.8 Å². The van der Waals surface area contributed by atoms with Crippen LogP contribution in [0.5, 0.6) is 11.5 Å². The van der Waals surface area contributed by atoms with Crippen molar-refractivity contribution in [1.82, 2.24) is 0 Å². The molecule has 0 fully saturated rings. The molecule has 1 amide bonds.